The molecule has 1 heterocycles. The molecule has 1 amide bonds. The maximum Gasteiger partial charge on any atom is 0.344 e. The average Bonchev–Trinajstić information content (AvgIpc) is 2.79. The largest absolute Gasteiger partial charge is 0.449 e. The molecule has 1 aromatic heterocycles. The minimum absolute atomic E-state index is 0.200. The van der Waals surface area contributed by atoms with Crippen LogP contribution < -0.4 is 5.32 Å². The van der Waals surface area contributed by atoms with Crippen molar-refractivity contribution >= 4 is 11.9 Å². The molecule has 6 heteroatoms. The highest BCUT2D eigenvalue weighted by atomic mass is 16.5. The maximum absolute atomic E-state index is 12.1. The fraction of sp³-hybridized carbons (Fsp3) is 0.667. The summed E-state index contributed by atoms with van der Waals surface area (Å²) in [5.41, 5.74) is 0.768. The van der Waals surface area contributed by atoms with Gasteiger partial charge in [0, 0.05) is 6.04 Å². The Hall–Kier alpha value is -1.85. The molecule has 6 nitrogen and oxygen atoms in total. The van der Waals surface area contributed by atoms with Gasteiger partial charge in [-0.3, -0.25) is 4.79 Å². The molecule has 1 fully saturated rings. The number of carbonyl (C=O) groups excluding carboxylic acids is 2. The van der Waals surface area contributed by atoms with Crippen LogP contribution in [0.2, 0.25) is 0 Å². The van der Waals surface area contributed by atoms with Crippen molar-refractivity contribution in [3.05, 3.63) is 17.0 Å². The van der Waals surface area contributed by atoms with Gasteiger partial charge in [-0.05, 0) is 33.6 Å². The summed E-state index contributed by atoms with van der Waals surface area (Å²) in [4.78, 5) is 24.1. The van der Waals surface area contributed by atoms with Gasteiger partial charge in [0.15, 0.2) is 6.10 Å². The molecule has 1 saturated carbocycles. The molecule has 1 atom stereocenters. The molecule has 1 aromatic rings. The zero-order valence-electron chi connectivity index (χ0n) is 12.8. The van der Waals surface area contributed by atoms with E-state index in [0.29, 0.717) is 17.0 Å². The number of esters is 1. The Morgan fingerprint density at radius 2 is 1.95 bits per heavy atom. The fourth-order valence-electron chi connectivity index (χ4n) is 2.61. The van der Waals surface area contributed by atoms with Crippen molar-refractivity contribution in [1.82, 2.24) is 10.5 Å². The van der Waals surface area contributed by atoms with Crippen LogP contribution in [0.3, 0.4) is 0 Å². The first-order valence-corrected chi connectivity index (χ1v) is 7.43. The Morgan fingerprint density at radius 3 is 2.52 bits per heavy atom. The molecule has 0 spiro atoms. The van der Waals surface area contributed by atoms with Crippen molar-refractivity contribution in [2.45, 2.75) is 65.0 Å². The summed E-state index contributed by atoms with van der Waals surface area (Å²) >= 11 is 0. The highest BCUT2D eigenvalue weighted by Crippen LogP contribution is 2.18. The van der Waals surface area contributed by atoms with Gasteiger partial charge >= 0.3 is 5.97 Å². The Labute approximate surface area is 124 Å². The topological polar surface area (TPSA) is 81.4 Å². The Kier molecular flexibility index (Phi) is 4.98. The Balaban J connectivity index is 1.89. The first kappa shape index (κ1) is 15.5. The molecule has 21 heavy (non-hydrogen) atoms. The van der Waals surface area contributed by atoms with Crippen LogP contribution in [0, 0.1) is 13.8 Å². The second kappa shape index (κ2) is 6.74. The predicted octanol–water partition coefficient (Wildman–Crippen LogP) is 2.29. The van der Waals surface area contributed by atoms with Crippen LogP contribution in [0.5, 0.6) is 0 Å². The highest BCUT2D eigenvalue weighted by molar-refractivity contribution is 5.93. The van der Waals surface area contributed by atoms with Gasteiger partial charge in [0.05, 0.1) is 5.69 Å². The minimum Gasteiger partial charge on any atom is -0.449 e. The molecule has 116 valence electrons. The summed E-state index contributed by atoms with van der Waals surface area (Å²) in [7, 11) is 0. The number of hydrogen-bond acceptors (Lipinski definition) is 5. The maximum atomic E-state index is 12.1. The summed E-state index contributed by atoms with van der Waals surface area (Å²) in [5, 5.41) is 6.65. The van der Waals surface area contributed by atoms with E-state index in [0.717, 1.165) is 25.7 Å². The Bertz CT molecular complexity index is 498. The molecule has 0 bridgehead atoms. The molecule has 0 unspecified atom stereocenters. The molecule has 0 aliphatic heterocycles. The lowest BCUT2D eigenvalue weighted by Crippen LogP contribution is -2.42. The number of nitrogens with one attached hydrogen (secondary N) is 1. The van der Waals surface area contributed by atoms with E-state index in [1.54, 1.807) is 20.8 Å². The van der Waals surface area contributed by atoms with Crippen molar-refractivity contribution in [1.29, 1.82) is 0 Å². The fourth-order valence-corrected chi connectivity index (χ4v) is 2.61. The molecular formula is C15H22N2O4. The number of carbonyl (C=O) groups is 2. The van der Waals surface area contributed by atoms with Gasteiger partial charge < -0.3 is 14.6 Å². The molecule has 0 saturated heterocycles. The zero-order chi connectivity index (χ0) is 15.4. The lowest BCUT2D eigenvalue weighted by molar-refractivity contribution is -0.130. The van der Waals surface area contributed by atoms with E-state index in [9.17, 15) is 9.59 Å². The SMILES string of the molecule is Cc1noc(C)c1C(=O)O[C@@H](C)C(=O)NC1CCCCC1. The summed E-state index contributed by atoms with van der Waals surface area (Å²) in [6, 6.07) is 0.200. The molecule has 1 N–H and O–H groups in total. The van der Waals surface area contributed by atoms with E-state index in [2.05, 4.69) is 10.5 Å². The van der Waals surface area contributed by atoms with E-state index < -0.39 is 12.1 Å². The molecular weight excluding hydrogens is 272 g/mol. The number of aromatic nitrogens is 1. The van der Waals surface area contributed by atoms with Gasteiger partial charge in [-0.1, -0.05) is 24.4 Å². The summed E-state index contributed by atoms with van der Waals surface area (Å²) in [6.07, 6.45) is 4.67. The minimum atomic E-state index is -0.826. The van der Waals surface area contributed by atoms with E-state index in [1.165, 1.54) is 6.42 Å². The quantitative estimate of drug-likeness (QED) is 0.862. The molecule has 0 radical (unpaired) electrons. The molecule has 1 aliphatic carbocycles. The van der Waals surface area contributed by atoms with Crippen LogP contribution in [0.25, 0.3) is 0 Å². The third-order valence-electron chi connectivity index (χ3n) is 3.84. The average molecular weight is 294 g/mol. The second-order valence-corrected chi connectivity index (χ2v) is 5.59. The zero-order valence-corrected chi connectivity index (χ0v) is 12.8. The van der Waals surface area contributed by atoms with Gasteiger partial charge in [-0.2, -0.15) is 0 Å². The van der Waals surface area contributed by atoms with Crippen molar-refractivity contribution in [3.63, 3.8) is 0 Å². The highest BCUT2D eigenvalue weighted by Gasteiger charge is 2.25. The molecule has 0 aromatic carbocycles. The lowest BCUT2D eigenvalue weighted by Gasteiger charge is -2.24. The number of ether oxygens (including phenoxy) is 1. The van der Waals surface area contributed by atoms with Crippen molar-refractivity contribution in [2.75, 3.05) is 0 Å². The van der Waals surface area contributed by atoms with E-state index in [4.69, 9.17) is 9.26 Å². The number of aryl methyl sites for hydroxylation is 2. The second-order valence-electron chi connectivity index (χ2n) is 5.59. The third kappa shape index (κ3) is 3.83. The van der Waals surface area contributed by atoms with Gasteiger partial charge in [0.1, 0.15) is 11.3 Å². The van der Waals surface area contributed by atoms with E-state index >= 15 is 0 Å². The number of amides is 1. The van der Waals surface area contributed by atoms with Crippen LogP contribution in [-0.2, 0) is 9.53 Å². The number of nitrogens with zero attached hydrogens (tertiary/aromatic N) is 1. The van der Waals surface area contributed by atoms with E-state index in [-0.39, 0.29) is 11.9 Å². The van der Waals surface area contributed by atoms with Gasteiger partial charge in [0.2, 0.25) is 0 Å². The number of hydrogen-bond donors (Lipinski definition) is 1. The first-order valence-electron chi connectivity index (χ1n) is 7.43. The third-order valence-corrected chi connectivity index (χ3v) is 3.84. The van der Waals surface area contributed by atoms with Crippen LogP contribution in [-0.4, -0.2) is 29.2 Å². The lowest BCUT2D eigenvalue weighted by atomic mass is 9.95. The molecule has 2 rings (SSSR count). The van der Waals surface area contributed by atoms with Crippen LogP contribution in [0.1, 0.15) is 60.8 Å². The smallest absolute Gasteiger partial charge is 0.344 e. The van der Waals surface area contributed by atoms with Crippen molar-refractivity contribution in [3.8, 4) is 0 Å². The van der Waals surface area contributed by atoms with Crippen molar-refractivity contribution in [2.24, 2.45) is 0 Å². The molecule has 1 aliphatic rings. The monoisotopic (exact) mass is 294 g/mol. The van der Waals surface area contributed by atoms with E-state index in [1.807, 2.05) is 0 Å². The summed E-state index contributed by atoms with van der Waals surface area (Å²) < 4.78 is 10.1. The summed E-state index contributed by atoms with van der Waals surface area (Å²) in [6.45, 7) is 4.89. The van der Waals surface area contributed by atoms with Gasteiger partial charge in [-0.15, -0.1) is 0 Å². The predicted molar refractivity (Wildman–Crippen MR) is 75.9 cm³/mol. The summed E-state index contributed by atoms with van der Waals surface area (Å²) in [5.74, 6) is -0.419. The number of rotatable bonds is 4. The van der Waals surface area contributed by atoms with Crippen LogP contribution in [0.15, 0.2) is 4.52 Å². The standard InChI is InChI=1S/C15H22N2O4/c1-9-13(10(2)21-17-9)15(19)20-11(3)14(18)16-12-7-5-4-6-8-12/h11-12H,4-8H2,1-3H3,(H,16,18)/t11-/m0/s1. The van der Waals surface area contributed by atoms with Crippen LogP contribution in [0.4, 0.5) is 0 Å². The van der Waals surface area contributed by atoms with Gasteiger partial charge in [-0.25, -0.2) is 4.79 Å². The van der Waals surface area contributed by atoms with Gasteiger partial charge in [0.25, 0.3) is 5.91 Å². The van der Waals surface area contributed by atoms with Crippen molar-refractivity contribution < 1.29 is 18.8 Å². The Morgan fingerprint density at radius 1 is 1.29 bits per heavy atom. The normalized spacial score (nSPS) is 17.3. The first-order chi connectivity index (χ1) is 9.99. The van der Waals surface area contributed by atoms with Crippen LogP contribution >= 0.6 is 0 Å².